The van der Waals surface area contributed by atoms with Gasteiger partial charge in [-0.05, 0) is 50.3 Å². The molecule has 144 valence electrons. The fourth-order valence-corrected chi connectivity index (χ4v) is 5.13. The number of alkyl halides is 3. The van der Waals surface area contributed by atoms with Crippen LogP contribution < -0.4 is 4.74 Å². The number of hydrogen-bond acceptors (Lipinski definition) is 3. The van der Waals surface area contributed by atoms with Crippen LogP contribution in [-0.2, 0) is 15.1 Å². The third kappa shape index (κ3) is 2.54. The minimum absolute atomic E-state index is 0.0355. The molecule has 2 saturated carbocycles. The second-order valence-electron chi connectivity index (χ2n) is 7.68. The lowest BCUT2D eigenvalue weighted by atomic mass is 9.60. The molecule has 0 aromatic heterocycles. The maximum absolute atomic E-state index is 14.1. The molecule has 0 amide bonds. The molecular weight excluding hydrogens is 352 g/mol. The van der Waals surface area contributed by atoms with Crippen LogP contribution in [0.25, 0.3) is 0 Å². The SMILES string of the molecule is CCOCCC12COC3(c4cc(F)cc(OCC(F)(F)F)c4)CCC13C2. The van der Waals surface area contributed by atoms with Crippen LogP contribution in [0.3, 0.4) is 0 Å². The maximum atomic E-state index is 14.1. The van der Waals surface area contributed by atoms with Crippen LogP contribution in [0.2, 0.25) is 0 Å². The first-order valence-electron chi connectivity index (χ1n) is 8.98. The van der Waals surface area contributed by atoms with E-state index in [2.05, 4.69) is 0 Å². The summed E-state index contributed by atoms with van der Waals surface area (Å²) < 4.78 is 67.7. The highest BCUT2D eigenvalue weighted by molar-refractivity contribution is 5.44. The molecule has 2 aliphatic carbocycles. The van der Waals surface area contributed by atoms with Crippen molar-refractivity contribution in [2.75, 3.05) is 26.4 Å². The smallest absolute Gasteiger partial charge is 0.422 e. The lowest BCUT2D eigenvalue weighted by molar-refractivity contribution is -0.153. The normalized spacial score (nSPS) is 34.8. The average Bonchev–Trinajstić information content (AvgIpc) is 3.19. The Hall–Kier alpha value is -1.34. The van der Waals surface area contributed by atoms with Gasteiger partial charge in [0.05, 0.1) is 12.2 Å². The molecular formula is C19H22F4O3. The van der Waals surface area contributed by atoms with Gasteiger partial charge in [0.2, 0.25) is 0 Å². The quantitative estimate of drug-likeness (QED) is 0.516. The molecule has 1 aromatic carbocycles. The Balaban J connectivity index is 1.56. The highest BCUT2D eigenvalue weighted by Gasteiger charge is 2.84. The maximum Gasteiger partial charge on any atom is 0.422 e. The van der Waals surface area contributed by atoms with E-state index in [0.717, 1.165) is 31.7 Å². The summed E-state index contributed by atoms with van der Waals surface area (Å²) in [5.74, 6) is -0.711. The molecule has 1 aliphatic heterocycles. The predicted octanol–water partition coefficient (Wildman–Crippen LogP) is 4.59. The summed E-state index contributed by atoms with van der Waals surface area (Å²) in [6, 6.07) is 3.87. The second-order valence-corrected chi connectivity index (χ2v) is 7.68. The molecule has 7 heteroatoms. The van der Waals surface area contributed by atoms with Gasteiger partial charge < -0.3 is 14.2 Å². The van der Waals surface area contributed by atoms with E-state index < -0.39 is 24.2 Å². The molecule has 0 bridgehead atoms. The van der Waals surface area contributed by atoms with Crippen molar-refractivity contribution in [3.63, 3.8) is 0 Å². The van der Waals surface area contributed by atoms with Gasteiger partial charge in [0, 0.05) is 30.1 Å². The number of hydrogen-bond donors (Lipinski definition) is 0. The van der Waals surface area contributed by atoms with Crippen LogP contribution in [0, 0.1) is 16.6 Å². The lowest BCUT2D eigenvalue weighted by Gasteiger charge is -2.48. The fraction of sp³-hybridized carbons (Fsp3) is 0.684. The largest absolute Gasteiger partial charge is 0.484 e. The molecule has 1 spiro atoms. The summed E-state index contributed by atoms with van der Waals surface area (Å²) in [6.45, 7) is 2.44. The number of halogens is 4. The molecule has 3 fully saturated rings. The van der Waals surface area contributed by atoms with Crippen molar-refractivity contribution >= 4 is 0 Å². The van der Waals surface area contributed by atoms with Crippen LogP contribution in [-0.4, -0.2) is 32.6 Å². The van der Waals surface area contributed by atoms with Crippen molar-refractivity contribution < 1.29 is 31.8 Å². The van der Waals surface area contributed by atoms with Crippen molar-refractivity contribution in [1.82, 2.24) is 0 Å². The van der Waals surface area contributed by atoms with E-state index in [1.54, 1.807) is 0 Å². The Bertz CT molecular complexity index is 703. The number of rotatable bonds is 7. The van der Waals surface area contributed by atoms with Gasteiger partial charge in [0.1, 0.15) is 11.6 Å². The minimum Gasteiger partial charge on any atom is -0.484 e. The van der Waals surface area contributed by atoms with E-state index in [4.69, 9.17) is 14.2 Å². The molecule has 3 unspecified atom stereocenters. The van der Waals surface area contributed by atoms with E-state index in [1.165, 1.54) is 12.1 Å². The van der Waals surface area contributed by atoms with Crippen LogP contribution in [0.1, 0.15) is 38.2 Å². The van der Waals surface area contributed by atoms with Crippen LogP contribution >= 0.6 is 0 Å². The van der Waals surface area contributed by atoms with Crippen LogP contribution in [0.4, 0.5) is 17.6 Å². The van der Waals surface area contributed by atoms with Crippen molar-refractivity contribution in [3.8, 4) is 5.75 Å². The molecule has 4 rings (SSSR count). The lowest BCUT2D eigenvalue weighted by Crippen LogP contribution is -2.46. The van der Waals surface area contributed by atoms with Gasteiger partial charge in [0.15, 0.2) is 6.61 Å². The summed E-state index contributed by atoms with van der Waals surface area (Å²) in [4.78, 5) is 0. The summed E-state index contributed by atoms with van der Waals surface area (Å²) in [7, 11) is 0. The molecule has 26 heavy (non-hydrogen) atoms. The molecule has 0 N–H and O–H groups in total. The average molecular weight is 374 g/mol. The standard InChI is InChI=1S/C19H22F4O3/c1-2-24-6-5-16-10-17(16)3-4-18(17,26-11-16)13-7-14(20)9-15(8-13)25-12-19(21,22)23/h7-9H,2-6,10-12H2,1H3. The summed E-state index contributed by atoms with van der Waals surface area (Å²) in [5.41, 5.74) is 0.0144. The van der Waals surface area contributed by atoms with Crippen molar-refractivity contribution in [3.05, 3.63) is 29.6 Å². The Kier molecular flexibility index (Phi) is 4.04. The second kappa shape index (κ2) is 5.83. The zero-order valence-corrected chi connectivity index (χ0v) is 14.6. The van der Waals surface area contributed by atoms with Gasteiger partial charge in [-0.1, -0.05) is 0 Å². The van der Waals surface area contributed by atoms with Crippen LogP contribution in [0.5, 0.6) is 5.75 Å². The van der Waals surface area contributed by atoms with E-state index in [-0.39, 0.29) is 16.6 Å². The Labute approximate surface area is 149 Å². The first kappa shape index (κ1) is 18.0. The molecule has 3 aliphatic rings. The van der Waals surface area contributed by atoms with E-state index in [9.17, 15) is 17.6 Å². The predicted molar refractivity (Wildman–Crippen MR) is 85.4 cm³/mol. The monoisotopic (exact) mass is 374 g/mol. The third-order valence-corrected chi connectivity index (χ3v) is 6.47. The highest BCUT2D eigenvalue weighted by Crippen LogP contribution is 2.86. The minimum atomic E-state index is -4.46. The summed E-state index contributed by atoms with van der Waals surface area (Å²) in [5, 5.41) is 0. The van der Waals surface area contributed by atoms with E-state index in [1.807, 2.05) is 6.92 Å². The molecule has 1 aromatic rings. The molecule has 3 atom stereocenters. The van der Waals surface area contributed by atoms with E-state index >= 15 is 0 Å². The van der Waals surface area contributed by atoms with Gasteiger partial charge in [-0.3, -0.25) is 0 Å². The Morgan fingerprint density at radius 3 is 2.65 bits per heavy atom. The zero-order chi connectivity index (χ0) is 18.6. The number of benzene rings is 1. The highest BCUT2D eigenvalue weighted by atomic mass is 19.4. The number of ether oxygens (including phenoxy) is 3. The zero-order valence-electron chi connectivity index (χ0n) is 14.6. The van der Waals surface area contributed by atoms with Gasteiger partial charge >= 0.3 is 6.18 Å². The molecule has 1 saturated heterocycles. The van der Waals surface area contributed by atoms with Gasteiger partial charge in [0.25, 0.3) is 0 Å². The van der Waals surface area contributed by atoms with Crippen molar-refractivity contribution in [2.45, 2.75) is 44.4 Å². The van der Waals surface area contributed by atoms with E-state index in [0.29, 0.717) is 25.4 Å². The summed E-state index contributed by atoms with van der Waals surface area (Å²) >= 11 is 0. The Morgan fingerprint density at radius 2 is 2.00 bits per heavy atom. The first-order valence-corrected chi connectivity index (χ1v) is 8.98. The van der Waals surface area contributed by atoms with Gasteiger partial charge in [-0.2, -0.15) is 13.2 Å². The molecule has 1 heterocycles. The summed E-state index contributed by atoms with van der Waals surface area (Å²) in [6.07, 6.45) is -0.811. The fourth-order valence-electron chi connectivity index (χ4n) is 5.13. The first-order chi connectivity index (χ1) is 12.3. The molecule has 0 radical (unpaired) electrons. The van der Waals surface area contributed by atoms with Gasteiger partial charge in [-0.15, -0.1) is 0 Å². The van der Waals surface area contributed by atoms with Crippen LogP contribution in [0.15, 0.2) is 18.2 Å². The van der Waals surface area contributed by atoms with Gasteiger partial charge in [-0.25, -0.2) is 4.39 Å². The Morgan fingerprint density at radius 1 is 1.19 bits per heavy atom. The van der Waals surface area contributed by atoms with Crippen molar-refractivity contribution in [1.29, 1.82) is 0 Å². The third-order valence-electron chi connectivity index (χ3n) is 6.47. The topological polar surface area (TPSA) is 27.7 Å². The van der Waals surface area contributed by atoms with Crippen molar-refractivity contribution in [2.24, 2.45) is 10.8 Å². The molecule has 3 nitrogen and oxygen atoms in total.